The van der Waals surface area contributed by atoms with Crippen LogP contribution in [0.5, 0.6) is 0 Å². The molecule has 0 saturated carbocycles. The van der Waals surface area contributed by atoms with Crippen molar-refractivity contribution in [2.24, 2.45) is 0 Å². The highest BCUT2D eigenvalue weighted by molar-refractivity contribution is 5.85. The second kappa shape index (κ2) is 9.76. The Morgan fingerprint density at radius 2 is 1.26 bits per heavy atom. The average Bonchev–Trinajstić information content (AvgIpc) is 3.30. The third-order valence-corrected chi connectivity index (χ3v) is 6.14. The maximum atomic E-state index is 4.85. The van der Waals surface area contributed by atoms with Gasteiger partial charge in [-0.25, -0.2) is 4.68 Å². The largest absolute Gasteiger partial charge is 0.239 e. The van der Waals surface area contributed by atoms with Crippen LogP contribution in [0.15, 0.2) is 115 Å². The van der Waals surface area contributed by atoms with Crippen LogP contribution < -0.4 is 0 Å². The van der Waals surface area contributed by atoms with Gasteiger partial charge in [-0.3, -0.25) is 0 Å². The van der Waals surface area contributed by atoms with Crippen molar-refractivity contribution in [2.75, 3.05) is 0 Å². The average molecular weight is 441 g/mol. The van der Waals surface area contributed by atoms with E-state index in [2.05, 4.69) is 129 Å². The van der Waals surface area contributed by atoms with Gasteiger partial charge in [-0.2, -0.15) is 5.10 Å². The van der Waals surface area contributed by atoms with E-state index in [1.807, 2.05) is 10.9 Å². The molecule has 0 fully saturated rings. The van der Waals surface area contributed by atoms with Gasteiger partial charge >= 0.3 is 0 Å². The number of hydrogen-bond acceptors (Lipinski definition) is 1. The lowest BCUT2D eigenvalue weighted by Crippen LogP contribution is -1.99. The SMILES string of the molecule is Cc1ccc(C/C(=C/n2ncc(-c3ccccc3)c2-c2ccc(C)cc2)c2ccccc2)cc1. The highest BCUT2D eigenvalue weighted by Gasteiger charge is 2.15. The van der Waals surface area contributed by atoms with Crippen LogP contribution in [-0.2, 0) is 6.42 Å². The summed E-state index contributed by atoms with van der Waals surface area (Å²) in [5.74, 6) is 0. The fourth-order valence-electron chi connectivity index (χ4n) is 4.24. The normalized spacial score (nSPS) is 11.5. The summed E-state index contributed by atoms with van der Waals surface area (Å²) >= 11 is 0. The van der Waals surface area contributed by atoms with Crippen LogP contribution in [-0.4, -0.2) is 9.78 Å². The van der Waals surface area contributed by atoms with Crippen molar-refractivity contribution in [2.45, 2.75) is 20.3 Å². The van der Waals surface area contributed by atoms with Crippen molar-refractivity contribution in [1.82, 2.24) is 9.78 Å². The van der Waals surface area contributed by atoms with Gasteiger partial charge in [0, 0.05) is 17.3 Å². The molecule has 0 amide bonds. The van der Waals surface area contributed by atoms with Crippen LogP contribution in [0.1, 0.15) is 22.3 Å². The first-order valence-corrected chi connectivity index (χ1v) is 11.7. The molecular formula is C32H28N2. The Bertz CT molecular complexity index is 1390. The Labute approximate surface area is 201 Å². The molecular weight excluding hydrogens is 412 g/mol. The molecule has 4 aromatic carbocycles. The van der Waals surface area contributed by atoms with E-state index in [0.717, 1.165) is 28.8 Å². The third-order valence-electron chi connectivity index (χ3n) is 6.14. The molecule has 1 heterocycles. The molecule has 166 valence electrons. The molecule has 1 aromatic heterocycles. The number of allylic oxidation sites excluding steroid dienone is 1. The van der Waals surface area contributed by atoms with E-state index in [0.29, 0.717) is 0 Å². The number of rotatable bonds is 6. The predicted octanol–water partition coefficient (Wildman–Crippen LogP) is 8.07. The molecule has 5 aromatic rings. The molecule has 5 rings (SSSR count). The quantitative estimate of drug-likeness (QED) is 0.261. The molecule has 0 saturated heterocycles. The number of aromatic nitrogens is 2. The van der Waals surface area contributed by atoms with Crippen LogP contribution in [0.4, 0.5) is 0 Å². The van der Waals surface area contributed by atoms with Gasteiger partial charge in [-0.1, -0.05) is 120 Å². The lowest BCUT2D eigenvalue weighted by atomic mass is 9.98. The van der Waals surface area contributed by atoms with Crippen molar-refractivity contribution in [1.29, 1.82) is 0 Å². The molecule has 0 radical (unpaired) electrons. The fraction of sp³-hybridized carbons (Fsp3) is 0.0938. The smallest absolute Gasteiger partial charge is 0.0812 e. The number of benzene rings is 4. The maximum absolute atomic E-state index is 4.85. The molecule has 0 aliphatic carbocycles. The molecule has 0 N–H and O–H groups in total. The molecule has 2 heteroatoms. The van der Waals surface area contributed by atoms with Crippen molar-refractivity contribution in [3.8, 4) is 22.4 Å². The van der Waals surface area contributed by atoms with E-state index in [1.165, 1.54) is 27.8 Å². The molecule has 0 spiro atoms. The Kier molecular flexibility index (Phi) is 6.22. The van der Waals surface area contributed by atoms with E-state index in [4.69, 9.17) is 5.10 Å². The third kappa shape index (κ3) is 4.77. The van der Waals surface area contributed by atoms with E-state index < -0.39 is 0 Å². The van der Waals surface area contributed by atoms with E-state index >= 15 is 0 Å². The molecule has 0 atom stereocenters. The Hall–Kier alpha value is -4.17. The van der Waals surface area contributed by atoms with Crippen LogP contribution in [0.2, 0.25) is 0 Å². The molecule has 0 unspecified atom stereocenters. The second-order valence-corrected chi connectivity index (χ2v) is 8.77. The van der Waals surface area contributed by atoms with Crippen LogP contribution in [0.25, 0.3) is 34.2 Å². The van der Waals surface area contributed by atoms with Crippen LogP contribution in [0.3, 0.4) is 0 Å². The first-order chi connectivity index (χ1) is 16.7. The summed E-state index contributed by atoms with van der Waals surface area (Å²) in [7, 11) is 0. The van der Waals surface area contributed by atoms with Gasteiger partial charge < -0.3 is 0 Å². The zero-order chi connectivity index (χ0) is 23.3. The molecule has 0 aliphatic rings. The van der Waals surface area contributed by atoms with Crippen LogP contribution >= 0.6 is 0 Å². The lowest BCUT2D eigenvalue weighted by molar-refractivity contribution is 0.940. The van der Waals surface area contributed by atoms with Gasteiger partial charge in [0.15, 0.2) is 0 Å². The van der Waals surface area contributed by atoms with Gasteiger partial charge in [0.05, 0.1) is 11.9 Å². The zero-order valence-corrected chi connectivity index (χ0v) is 19.6. The van der Waals surface area contributed by atoms with Crippen molar-refractivity contribution in [3.63, 3.8) is 0 Å². The highest BCUT2D eigenvalue weighted by atomic mass is 15.3. The maximum Gasteiger partial charge on any atom is 0.0812 e. The Morgan fingerprint density at radius 1 is 0.676 bits per heavy atom. The van der Waals surface area contributed by atoms with Crippen molar-refractivity contribution < 1.29 is 0 Å². The summed E-state index contributed by atoms with van der Waals surface area (Å²) in [4.78, 5) is 0. The number of nitrogens with zero attached hydrogens (tertiary/aromatic N) is 2. The van der Waals surface area contributed by atoms with Crippen molar-refractivity contribution >= 4 is 11.8 Å². The minimum absolute atomic E-state index is 0.832. The minimum atomic E-state index is 0.832. The molecule has 2 nitrogen and oxygen atoms in total. The Morgan fingerprint density at radius 3 is 1.91 bits per heavy atom. The summed E-state index contributed by atoms with van der Waals surface area (Å²) in [6.45, 7) is 4.24. The van der Waals surface area contributed by atoms with E-state index in [1.54, 1.807) is 0 Å². The van der Waals surface area contributed by atoms with E-state index in [9.17, 15) is 0 Å². The Balaban J connectivity index is 1.66. The summed E-state index contributed by atoms with van der Waals surface area (Å²) in [5.41, 5.74) is 10.8. The standard InChI is InChI=1S/C32H28N2/c1-24-13-17-26(18-14-24)21-30(27-9-5-3-6-10-27)23-34-32(29-19-15-25(2)16-20-29)31(22-33-34)28-11-7-4-8-12-28/h3-20,22-23H,21H2,1-2H3/b30-23-. The predicted molar refractivity (Wildman–Crippen MR) is 143 cm³/mol. The topological polar surface area (TPSA) is 17.8 Å². The first kappa shape index (κ1) is 21.7. The summed E-state index contributed by atoms with van der Waals surface area (Å²) < 4.78 is 2.05. The molecule has 34 heavy (non-hydrogen) atoms. The number of aryl methyl sites for hydroxylation is 2. The molecule has 0 bridgehead atoms. The first-order valence-electron chi connectivity index (χ1n) is 11.7. The van der Waals surface area contributed by atoms with Gasteiger partial charge in [0.25, 0.3) is 0 Å². The highest BCUT2D eigenvalue weighted by Crippen LogP contribution is 2.33. The van der Waals surface area contributed by atoms with Gasteiger partial charge in [0.1, 0.15) is 0 Å². The fourth-order valence-corrected chi connectivity index (χ4v) is 4.24. The summed E-state index contributed by atoms with van der Waals surface area (Å²) in [6, 6.07) is 38.6. The van der Waals surface area contributed by atoms with Crippen molar-refractivity contribution in [3.05, 3.63) is 138 Å². The van der Waals surface area contributed by atoms with Gasteiger partial charge in [0.2, 0.25) is 0 Å². The second-order valence-electron chi connectivity index (χ2n) is 8.77. The summed E-state index contributed by atoms with van der Waals surface area (Å²) in [6.07, 6.45) is 5.00. The van der Waals surface area contributed by atoms with Crippen LogP contribution in [0, 0.1) is 13.8 Å². The summed E-state index contributed by atoms with van der Waals surface area (Å²) in [5, 5.41) is 4.85. The van der Waals surface area contributed by atoms with Gasteiger partial charge in [-0.15, -0.1) is 0 Å². The van der Waals surface area contributed by atoms with E-state index in [-0.39, 0.29) is 0 Å². The molecule has 0 aliphatic heterocycles. The zero-order valence-electron chi connectivity index (χ0n) is 19.6. The minimum Gasteiger partial charge on any atom is -0.239 e. The van der Waals surface area contributed by atoms with Gasteiger partial charge in [-0.05, 0) is 42.5 Å². The number of hydrogen-bond donors (Lipinski definition) is 0. The monoisotopic (exact) mass is 440 g/mol. The lowest BCUT2D eigenvalue weighted by Gasteiger charge is -2.12.